The molecule has 1 atom stereocenters. The second-order valence-corrected chi connectivity index (χ2v) is 3.55. The summed E-state index contributed by atoms with van der Waals surface area (Å²) in [6.45, 7) is 3.96. The van der Waals surface area contributed by atoms with Crippen LogP contribution in [0.3, 0.4) is 0 Å². The molecule has 2 nitrogen and oxygen atoms in total. The molecule has 2 heteroatoms. The number of aromatic nitrogens is 1. The van der Waals surface area contributed by atoms with E-state index in [-0.39, 0.29) is 6.04 Å². The van der Waals surface area contributed by atoms with Gasteiger partial charge in [-0.3, -0.25) is 4.98 Å². The van der Waals surface area contributed by atoms with Gasteiger partial charge in [0.15, 0.2) is 0 Å². The highest BCUT2D eigenvalue weighted by atomic mass is 14.7. The molecule has 0 aliphatic heterocycles. The van der Waals surface area contributed by atoms with Crippen molar-refractivity contribution < 1.29 is 0 Å². The monoisotopic (exact) mass is 186 g/mol. The summed E-state index contributed by atoms with van der Waals surface area (Å²) in [6, 6.07) is 3.96. The SMILES string of the molecule is C=c1cccn/c1=C1\C=CCCC1N. The first-order chi connectivity index (χ1) is 6.79. The molecule has 1 aliphatic rings. The predicted molar refractivity (Wildman–Crippen MR) is 58.8 cm³/mol. The number of allylic oxidation sites excluding steroid dienone is 1. The molecule has 1 aromatic rings. The van der Waals surface area contributed by atoms with E-state index in [1.807, 2.05) is 12.1 Å². The van der Waals surface area contributed by atoms with Crippen molar-refractivity contribution in [1.29, 1.82) is 0 Å². The van der Waals surface area contributed by atoms with E-state index >= 15 is 0 Å². The van der Waals surface area contributed by atoms with Crippen molar-refractivity contribution in [2.24, 2.45) is 5.73 Å². The summed E-state index contributed by atoms with van der Waals surface area (Å²) in [5, 5.41) is 1.89. The smallest absolute Gasteiger partial charge is 0.0743 e. The second kappa shape index (κ2) is 3.76. The minimum atomic E-state index is 0.107. The third-order valence-electron chi connectivity index (χ3n) is 2.51. The molecule has 1 heterocycles. The van der Waals surface area contributed by atoms with Gasteiger partial charge in [-0.15, -0.1) is 0 Å². The fraction of sp³-hybridized carbons (Fsp3) is 0.250. The van der Waals surface area contributed by atoms with Crippen LogP contribution in [-0.4, -0.2) is 11.0 Å². The Hall–Kier alpha value is -1.41. The zero-order valence-corrected chi connectivity index (χ0v) is 8.11. The van der Waals surface area contributed by atoms with Crippen LogP contribution in [0.25, 0.3) is 12.2 Å². The molecule has 0 amide bonds. The molecule has 1 aliphatic carbocycles. The normalized spacial score (nSPS) is 25.1. The van der Waals surface area contributed by atoms with E-state index in [0.29, 0.717) is 0 Å². The molecule has 0 radical (unpaired) electrons. The third kappa shape index (κ3) is 1.61. The van der Waals surface area contributed by atoms with Crippen molar-refractivity contribution in [2.45, 2.75) is 18.9 Å². The van der Waals surface area contributed by atoms with Crippen molar-refractivity contribution >= 4 is 12.2 Å². The zero-order chi connectivity index (χ0) is 9.97. The van der Waals surface area contributed by atoms with Crippen molar-refractivity contribution in [1.82, 2.24) is 4.98 Å². The highest BCUT2D eigenvalue weighted by molar-refractivity contribution is 5.61. The molecule has 0 spiro atoms. The molecule has 72 valence electrons. The van der Waals surface area contributed by atoms with Gasteiger partial charge in [0.25, 0.3) is 0 Å². The Morgan fingerprint density at radius 1 is 1.50 bits per heavy atom. The Kier molecular flexibility index (Phi) is 2.46. The molecule has 0 saturated heterocycles. The Morgan fingerprint density at radius 3 is 3.07 bits per heavy atom. The molecule has 1 aromatic heterocycles. The lowest BCUT2D eigenvalue weighted by Crippen LogP contribution is -2.36. The van der Waals surface area contributed by atoms with E-state index in [0.717, 1.165) is 29.0 Å². The summed E-state index contributed by atoms with van der Waals surface area (Å²) < 4.78 is 0. The van der Waals surface area contributed by atoms with Gasteiger partial charge in [0, 0.05) is 12.2 Å². The third-order valence-corrected chi connectivity index (χ3v) is 2.51. The first-order valence-corrected chi connectivity index (χ1v) is 4.85. The van der Waals surface area contributed by atoms with Gasteiger partial charge in [0.1, 0.15) is 0 Å². The first kappa shape index (κ1) is 9.16. The van der Waals surface area contributed by atoms with Gasteiger partial charge in [0.05, 0.1) is 5.35 Å². The van der Waals surface area contributed by atoms with E-state index in [9.17, 15) is 0 Å². The lowest BCUT2D eigenvalue weighted by Gasteiger charge is -2.15. The number of rotatable bonds is 0. The maximum Gasteiger partial charge on any atom is 0.0743 e. The van der Waals surface area contributed by atoms with Crippen LogP contribution >= 0.6 is 0 Å². The van der Waals surface area contributed by atoms with Gasteiger partial charge in [-0.1, -0.05) is 24.8 Å². The van der Waals surface area contributed by atoms with Gasteiger partial charge in [-0.2, -0.15) is 0 Å². The van der Waals surface area contributed by atoms with Crippen LogP contribution in [0.1, 0.15) is 12.8 Å². The molecule has 0 aromatic carbocycles. The largest absolute Gasteiger partial charge is 0.324 e. The summed E-state index contributed by atoms with van der Waals surface area (Å²) in [6.07, 6.45) is 8.07. The fourth-order valence-corrected chi connectivity index (χ4v) is 1.72. The summed E-state index contributed by atoms with van der Waals surface area (Å²) in [5.74, 6) is 0. The minimum absolute atomic E-state index is 0.107. The summed E-state index contributed by atoms with van der Waals surface area (Å²) in [4.78, 5) is 4.32. The molecule has 0 saturated carbocycles. The van der Waals surface area contributed by atoms with Crippen molar-refractivity contribution in [3.63, 3.8) is 0 Å². The number of pyridine rings is 1. The quantitative estimate of drug-likeness (QED) is 0.633. The molecular weight excluding hydrogens is 172 g/mol. The summed E-state index contributed by atoms with van der Waals surface area (Å²) in [7, 11) is 0. The topological polar surface area (TPSA) is 38.9 Å². The lowest BCUT2D eigenvalue weighted by molar-refractivity contribution is 0.731. The number of hydrogen-bond donors (Lipinski definition) is 1. The number of nitrogens with two attached hydrogens (primary N) is 1. The van der Waals surface area contributed by atoms with Crippen LogP contribution in [0.4, 0.5) is 0 Å². The Bertz CT molecular complexity index is 459. The van der Waals surface area contributed by atoms with E-state index in [2.05, 4.69) is 23.7 Å². The summed E-state index contributed by atoms with van der Waals surface area (Å²) >= 11 is 0. The van der Waals surface area contributed by atoms with Crippen molar-refractivity contribution in [3.8, 4) is 0 Å². The van der Waals surface area contributed by atoms with Crippen LogP contribution in [0.15, 0.2) is 30.5 Å². The highest BCUT2D eigenvalue weighted by Gasteiger charge is 2.11. The maximum atomic E-state index is 6.02. The number of hydrogen-bond acceptors (Lipinski definition) is 2. The molecule has 2 N–H and O–H groups in total. The average Bonchev–Trinajstić information content (AvgIpc) is 2.20. The van der Waals surface area contributed by atoms with E-state index in [4.69, 9.17) is 5.73 Å². The molecule has 14 heavy (non-hydrogen) atoms. The van der Waals surface area contributed by atoms with Crippen LogP contribution in [-0.2, 0) is 0 Å². The number of nitrogens with zero attached hydrogens (tertiary/aromatic N) is 1. The van der Waals surface area contributed by atoms with Crippen LogP contribution in [0, 0.1) is 0 Å². The molecule has 0 fully saturated rings. The van der Waals surface area contributed by atoms with Crippen molar-refractivity contribution in [2.75, 3.05) is 0 Å². The maximum absolute atomic E-state index is 6.02. The summed E-state index contributed by atoms with van der Waals surface area (Å²) in [5.41, 5.74) is 7.14. The molecular formula is C12H14N2. The van der Waals surface area contributed by atoms with E-state index in [1.165, 1.54) is 0 Å². The van der Waals surface area contributed by atoms with E-state index in [1.54, 1.807) is 6.20 Å². The Labute approximate surface area is 83.5 Å². The standard InChI is InChI=1S/C12H14N2/c1-9-5-4-8-14-12(9)10-6-2-3-7-11(10)13/h2,4-6,8,11H,1,3,7,13H2/b12-10+. The molecule has 2 rings (SSSR count). The zero-order valence-electron chi connectivity index (χ0n) is 8.11. The second-order valence-electron chi connectivity index (χ2n) is 3.55. The van der Waals surface area contributed by atoms with Gasteiger partial charge in [-0.05, 0) is 29.7 Å². The van der Waals surface area contributed by atoms with Gasteiger partial charge < -0.3 is 5.73 Å². The lowest BCUT2D eigenvalue weighted by atomic mass is 9.96. The van der Waals surface area contributed by atoms with Crippen molar-refractivity contribution in [3.05, 3.63) is 41.0 Å². The minimum Gasteiger partial charge on any atom is -0.324 e. The molecule has 1 unspecified atom stereocenters. The average molecular weight is 186 g/mol. The van der Waals surface area contributed by atoms with Gasteiger partial charge >= 0.3 is 0 Å². The fourth-order valence-electron chi connectivity index (χ4n) is 1.72. The Balaban J connectivity index is 2.70. The first-order valence-electron chi connectivity index (χ1n) is 4.85. The molecule has 0 bridgehead atoms. The highest BCUT2D eigenvalue weighted by Crippen LogP contribution is 2.13. The van der Waals surface area contributed by atoms with Crippen LogP contribution in [0.2, 0.25) is 0 Å². The Morgan fingerprint density at radius 2 is 2.36 bits per heavy atom. The van der Waals surface area contributed by atoms with Crippen LogP contribution in [0.5, 0.6) is 0 Å². The van der Waals surface area contributed by atoms with E-state index < -0.39 is 0 Å². The van der Waals surface area contributed by atoms with Gasteiger partial charge in [-0.25, -0.2) is 0 Å². The van der Waals surface area contributed by atoms with Crippen LogP contribution < -0.4 is 16.3 Å². The predicted octanol–water partition coefficient (Wildman–Crippen LogP) is 0.320. The van der Waals surface area contributed by atoms with Gasteiger partial charge in [0.2, 0.25) is 0 Å².